The molecule has 0 bridgehead atoms. The molecule has 0 spiro atoms. The van der Waals surface area contributed by atoms with E-state index in [1.807, 2.05) is 72.5 Å². The standard InChI is InChI=1S/C22H25N3O/c1-3-5-9-18-12-14-20(15-13-18)24-22(26)19(16-23)17-25(4-2)21-10-7-6-8-11-21/h6-8,10-15,17H,3-5,9H2,1-2H3,(H,24,26)/b19-17-. The molecule has 0 aliphatic heterocycles. The summed E-state index contributed by atoms with van der Waals surface area (Å²) in [4.78, 5) is 14.3. The number of nitrogens with one attached hydrogen (secondary N) is 1. The Bertz CT molecular complexity index is 773. The van der Waals surface area contributed by atoms with Gasteiger partial charge in [0.2, 0.25) is 0 Å². The number of para-hydroxylation sites is 1. The third-order valence-electron chi connectivity index (χ3n) is 4.11. The fraction of sp³-hybridized carbons (Fsp3) is 0.273. The number of rotatable bonds is 8. The van der Waals surface area contributed by atoms with Crippen LogP contribution >= 0.6 is 0 Å². The number of amides is 1. The van der Waals surface area contributed by atoms with Crippen molar-refractivity contribution in [3.63, 3.8) is 0 Å². The molecule has 0 heterocycles. The van der Waals surface area contributed by atoms with Gasteiger partial charge in [-0.1, -0.05) is 43.7 Å². The SMILES string of the molecule is CCCCc1ccc(NC(=O)/C(C#N)=C\N(CC)c2ccccc2)cc1. The zero-order chi connectivity index (χ0) is 18.8. The first-order valence-electron chi connectivity index (χ1n) is 9.01. The lowest BCUT2D eigenvalue weighted by Gasteiger charge is -2.18. The van der Waals surface area contributed by atoms with Gasteiger partial charge in [-0.3, -0.25) is 4.79 Å². The molecular formula is C22H25N3O. The third kappa shape index (κ3) is 5.49. The molecule has 2 aromatic rings. The zero-order valence-electron chi connectivity index (χ0n) is 15.4. The van der Waals surface area contributed by atoms with Crippen LogP contribution in [-0.2, 0) is 11.2 Å². The maximum atomic E-state index is 12.5. The number of nitrogens with zero attached hydrogens (tertiary/aromatic N) is 2. The quantitative estimate of drug-likeness (QED) is 0.546. The van der Waals surface area contributed by atoms with Crippen molar-refractivity contribution in [2.24, 2.45) is 0 Å². The Hall–Kier alpha value is -3.06. The molecule has 134 valence electrons. The number of unbranched alkanes of at least 4 members (excludes halogenated alkanes) is 1. The molecule has 4 heteroatoms. The molecule has 2 rings (SSSR count). The van der Waals surface area contributed by atoms with Crippen LogP contribution in [-0.4, -0.2) is 12.5 Å². The number of aryl methyl sites for hydroxylation is 1. The number of hydrogen-bond acceptors (Lipinski definition) is 3. The fourth-order valence-corrected chi connectivity index (χ4v) is 2.60. The van der Waals surface area contributed by atoms with Crippen LogP contribution in [0.5, 0.6) is 0 Å². The van der Waals surface area contributed by atoms with Crippen LogP contribution in [0, 0.1) is 11.3 Å². The van der Waals surface area contributed by atoms with E-state index in [0.29, 0.717) is 12.2 Å². The van der Waals surface area contributed by atoms with E-state index in [1.165, 1.54) is 5.56 Å². The van der Waals surface area contributed by atoms with Crippen molar-refractivity contribution in [2.45, 2.75) is 33.1 Å². The van der Waals surface area contributed by atoms with Gasteiger partial charge in [-0.25, -0.2) is 0 Å². The second-order valence-electron chi connectivity index (χ2n) is 6.03. The lowest BCUT2D eigenvalue weighted by Crippen LogP contribution is -2.20. The van der Waals surface area contributed by atoms with Crippen molar-refractivity contribution in [1.82, 2.24) is 0 Å². The number of carbonyl (C=O) groups is 1. The molecule has 2 aromatic carbocycles. The lowest BCUT2D eigenvalue weighted by molar-refractivity contribution is -0.112. The molecule has 0 aromatic heterocycles. The van der Waals surface area contributed by atoms with Crippen LogP contribution in [0.25, 0.3) is 0 Å². The van der Waals surface area contributed by atoms with E-state index in [9.17, 15) is 10.1 Å². The summed E-state index contributed by atoms with van der Waals surface area (Å²) in [7, 11) is 0. The summed E-state index contributed by atoms with van der Waals surface area (Å²) in [5.41, 5.74) is 2.96. The largest absolute Gasteiger partial charge is 0.347 e. The summed E-state index contributed by atoms with van der Waals surface area (Å²) in [6, 6.07) is 19.5. The molecule has 0 aliphatic carbocycles. The number of carbonyl (C=O) groups excluding carboxylic acids is 1. The Balaban J connectivity index is 2.09. The number of nitriles is 1. The minimum absolute atomic E-state index is 0.0748. The highest BCUT2D eigenvalue weighted by molar-refractivity contribution is 6.06. The number of hydrogen-bond donors (Lipinski definition) is 1. The summed E-state index contributed by atoms with van der Waals surface area (Å²) in [6.45, 7) is 4.80. The van der Waals surface area contributed by atoms with Gasteiger partial charge in [-0.2, -0.15) is 5.26 Å². The fourth-order valence-electron chi connectivity index (χ4n) is 2.60. The summed E-state index contributed by atoms with van der Waals surface area (Å²) in [5.74, 6) is -0.400. The van der Waals surface area contributed by atoms with Crippen molar-refractivity contribution < 1.29 is 4.79 Å². The molecule has 0 saturated carbocycles. The first-order chi connectivity index (χ1) is 12.7. The summed E-state index contributed by atoms with van der Waals surface area (Å²) in [6.07, 6.45) is 4.94. The topological polar surface area (TPSA) is 56.1 Å². The molecule has 26 heavy (non-hydrogen) atoms. The first kappa shape index (κ1) is 19.3. The van der Waals surface area contributed by atoms with Gasteiger partial charge >= 0.3 is 0 Å². The Morgan fingerprint density at radius 1 is 1.12 bits per heavy atom. The van der Waals surface area contributed by atoms with Crippen LogP contribution in [0.15, 0.2) is 66.4 Å². The zero-order valence-corrected chi connectivity index (χ0v) is 15.4. The van der Waals surface area contributed by atoms with Gasteiger partial charge in [0.15, 0.2) is 0 Å². The van der Waals surface area contributed by atoms with Gasteiger partial charge in [0.1, 0.15) is 11.6 Å². The monoisotopic (exact) mass is 347 g/mol. The Kier molecular flexibility index (Phi) is 7.45. The molecule has 4 nitrogen and oxygen atoms in total. The van der Waals surface area contributed by atoms with Gasteiger partial charge in [0, 0.05) is 24.1 Å². The molecule has 0 atom stereocenters. The molecular weight excluding hydrogens is 322 g/mol. The molecule has 0 unspecified atom stereocenters. The summed E-state index contributed by atoms with van der Waals surface area (Å²) >= 11 is 0. The summed E-state index contributed by atoms with van der Waals surface area (Å²) < 4.78 is 0. The van der Waals surface area contributed by atoms with Crippen LogP contribution in [0.4, 0.5) is 11.4 Å². The van der Waals surface area contributed by atoms with Gasteiger partial charge in [0.25, 0.3) is 5.91 Å². The van der Waals surface area contributed by atoms with Crippen molar-refractivity contribution >= 4 is 17.3 Å². The second-order valence-corrected chi connectivity index (χ2v) is 6.03. The number of anilines is 2. The molecule has 0 fully saturated rings. The minimum atomic E-state index is -0.400. The van der Waals surface area contributed by atoms with Crippen LogP contribution in [0.2, 0.25) is 0 Å². The third-order valence-corrected chi connectivity index (χ3v) is 4.11. The maximum absolute atomic E-state index is 12.5. The van der Waals surface area contributed by atoms with E-state index >= 15 is 0 Å². The van der Waals surface area contributed by atoms with Crippen molar-refractivity contribution in [3.05, 3.63) is 71.9 Å². The van der Waals surface area contributed by atoms with Crippen molar-refractivity contribution in [2.75, 3.05) is 16.8 Å². The van der Waals surface area contributed by atoms with Crippen LogP contribution < -0.4 is 10.2 Å². The predicted octanol–water partition coefficient (Wildman–Crippen LogP) is 4.90. The Morgan fingerprint density at radius 3 is 2.38 bits per heavy atom. The van der Waals surface area contributed by atoms with E-state index in [0.717, 1.165) is 24.9 Å². The van der Waals surface area contributed by atoms with Crippen LogP contribution in [0.1, 0.15) is 32.3 Å². The lowest BCUT2D eigenvalue weighted by atomic mass is 10.1. The van der Waals surface area contributed by atoms with Gasteiger partial charge in [-0.15, -0.1) is 0 Å². The molecule has 0 aliphatic rings. The van der Waals surface area contributed by atoms with E-state index in [1.54, 1.807) is 6.20 Å². The van der Waals surface area contributed by atoms with E-state index in [2.05, 4.69) is 12.2 Å². The van der Waals surface area contributed by atoms with Crippen molar-refractivity contribution in [3.8, 4) is 6.07 Å². The molecule has 1 N–H and O–H groups in total. The summed E-state index contributed by atoms with van der Waals surface area (Å²) in [5, 5.41) is 12.2. The van der Waals surface area contributed by atoms with Gasteiger partial charge in [-0.05, 0) is 49.6 Å². The van der Waals surface area contributed by atoms with E-state index in [-0.39, 0.29) is 5.57 Å². The highest BCUT2D eigenvalue weighted by Gasteiger charge is 2.12. The highest BCUT2D eigenvalue weighted by atomic mass is 16.1. The first-order valence-corrected chi connectivity index (χ1v) is 9.01. The Labute approximate surface area is 155 Å². The van der Waals surface area contributed by atoms with Crippen molar-refractivity contribution in [1.29, 1.82) is 5.26 Å². The highest BCUT2D eigenvalue weighted by Crippen LogP contribution is 2.16. The number of benzene rings is 2. The van der Waals surface area contributed by atoms with Gasteiger partial charge in [0.05, 0.1) is 0 Å². The molecule has 0 saturated heterocycles. The maximum Gasteiger partial charge on any atom is 0.267 e. The van der Waals surface area contributed by atoms with Crippen LogP contribution in [0.3, 0.4) is 0 Å². The van der Waals surface area contributed by atoms with E-state index < -0.39 is 5.91 Å². The average molecular weight is 347 g/mol. The molecule has 0 radical (unpaired) electrons. The predicted molar refractivity (Wildman–Crippen MR) is 107 cm³/mol. The average Bonchev–Trinajstić information content (AvgIpc) is 2.69. The Morgan fingerprint density at radius 2 is 1.81 bits per heavy atom. The smallest absolute Gasteiger partial charge is 0.267 e. The van der Waals surface area contributed by atoms with Gasteiger partial charge < -0.3 is 10.2 Å². The normalized spacial score (nSPS) is 10.9. The minimum Gasteiger partial charge on any atom is -0.347 e. The second kappa shape index (κ2) is 10.0. The molecule has 1 amide bonds. The van der Waals surface area contributed by atoms with E-state index in [4.69, 9.17) is 0 Å².